The van der Waals surface area contributed by atoms with Gasteiger partial charge in [0.15, 0.2) is 0 Å². The molecule has 0 aliphatic carbocycles. The predicted octanol–water partition coefficient (Wildman–Crippen LogP) is 1.71. The van der Waals surface area contributed by atoms with Gasteiger partial charge < -0.3 is 5.32 Å². The fourth-order valence-electron chi connectivity index (χ4n) is 2.15. The molecule has 2 rings (SSSR count). The number of sulfonamides is 1. The lowest BCUT2D eigenvalue weighted by atomic mass is 10.1. The van der Waals surface area contributed by atoms with E-state index >= 15 is 0 Å². The maximum atomic E-state index is 12.6. The highest BCUT2D eigenvalue weighted by molar-refractivity contribution is 7.89. The summed E-state index contributed by atoms with van der Waals surface area (Å²) in [6.45, 7) is 5.03. The molecule has 1 saturated heterocycles. The molecule has 1 aliphatic heterocycles. The number of halogens is 1. The first-order valence-corrected chi connectivity index (χ1v) is 7.76. The number of hydrogen-bond donors (Lipinski definition) is 1. The molecule has 2 atom stereocenters. The number of piperazine rings is 1. The Kier molecular flexibility index (Phi) is 3.96. The smallest absolute Gasteiger partial charge is 0.244 e. The Labute approximate surface area is 113 Å². The Bertz CT molecular complexity index is 533. The Balaban J connectivity index is 2.40. The number of benzene rings is 1. The van der Waals surface area contributed by atoms with Gasteiger partial charge in [0.2, 0.25) is 10.0 Å². The average Bonchev–Trinajstić information content (AvgIpc) is 2.32. The summed E-state index contributed by atoms with van der Waals surface area (Å²) in [4.78, 5) is 0.188. The minimum absolute atomic E-state index is 0.0833. The zero-order chi connectivity index (χ0) is 13.3. The van der Waals surface area contributed by atoms with E-state index in [0.717, 1.165) is 0 Å². The lowest BCUT2D eigenvalue weighted by molar-refractivity contribution is 0.233. The Morgan fingerprint density at radius 3 is 2.67 bits per heavy atom. The molecular formula is C12H17ClN2O2S. The lowest BCUT2D eigenvalue weighted by Crippen LogP contribution is -2.57. The summed E-state index contributed by atoms with van der Waals surface area (Å²) in [5.41, 5.74) is 0. The summed E-state index contributed by atoms with van der Waals surface area (Å²) >= 11 is 5.99. The second-order valence-corrected chi connectivity index (χ2v) is 6.80. The van der Waals surface area contributed by atoms with Crippen molar-refractivity contribution in [1.82, 2.24) is 9.62 Å². The van der Waals surface area contributed by atoms with Crippen molar-refractivity contribution in [3.63, 3.8) is 0 Å². The van der Waals surface area contributed by atoms with Crippen molar-refractivity contribution in [2.24, 2.45) is 0 Å². The third-order valence-electron chi connectivity index (χ3n) is 3.40. The molecule has 1 aliphatic rings. The van der Waals surface area contributed by atoms with E-state index in [9.17, 15) is 8.42 Å². The third-order valence-corrected chi connectivity index (χ3v) is 5.89. The molecule has 0 spiro atoms. The summed E-state index contributed by atoms with van der Waals surface area (Å²) in [7, 11) is -3.51. The fourth-order valence-corrected chi connectivity index (χ4v) is 4.34. The van der Waals surface area contributed by atoms with Crippen molar-refractivity contribution >= 4 is 21.6 Å². The highest BCUT2D eigenvalue weighted by atomic mass is 35.5. The van der Waals surface area contributed by atoms with Crippen LogP contribution in [-0.2, 0) is 10.0 Å². The molecule has 100 valence electrons. The second-order valence-electron chi connectivity index (χ2n) is 4.53. The Morgan fingerprint density at radius 1 is 1.33 bits per heavy atom. The summed E-state index contributed by atoms with van der Waals surface area (Å²) in [6, 6.07) is 6.62. The van der Waals surface area contributed by atoms with Crippen molar-refractivity contribution in [2.75, 3.05) is 13.1 Å². The first-order chi connectivity index (χ1) is 8.44. The molecule has 1 aromatic rings. The Morgan fingerprint density at radius 2 is 2.00 bits per heavy atom. The second kappa shape index (κ2) is 5.17. The number of nitrogens with zero attached hydrogens (tertiary/aromatic N) is 1. The molecule has 1 N–H and O–H groups in total. The van der Waals surface area contributed by atoms with Crippen molar-refractivity contribution in [3.8, 4) is 0 Å². The minimum Gasteiger partial charge on any atom is -0.311 e. The molecule has 1 aromatic carbocycles. The SMILES string of the molecule is CC1NCCN(S(=O)(=O)c2ccccc2Cl)C1C. The van der Waals surface area contributed by atoms with E-state index in [4.69, 9.17) is 11.6 Å². The van der Waals surface area contributed by atoms with Crippen molar-refractivity contribution < 1.29 is 8.42 Å². The maximum absolute atomic E-state index is 12.6. The molecule has 0 bridgehead atoms. The number of rotatable bonds is 2. The molecular weight excluding hydrogens is 272 g/mol. The van der Waals surface area contributed by atoms with E-state index in [1.54, 1.807) is 24.3 Å². The molecule has 6 heteroatoms. The minimum atomic E-state index is -3.51. The van der Waals surface area contributed by atoms with E-state index < -0.39 is 10.0 Å². The van der Waals surface area contributed by atoms with Crippen LogP contribution in [0.5, 0.6) is 0 Å². The van der Waals surface area contributed by atoms with Crippen LogP contribution in [0.2, 0.25) is 5.02 Å². The molecule has 1 fully saturated rings. The van der Waals surface area contributed by atoms with Crippen LogP contribution in [-0.4, -0.2) is 37.9 Å². The zero-order valence-corrected chi connectivity index (χ0v) is 12.0. The third kappa shape index (κ3) is 2.40. The van der Waals surface area contributed by atoms with Crippen LogP contribution >= 0.6 is 11.6 Å². The first kappa shape index (κ1) is 13.8. The maximum Gasteiger partial charge on any atom is 0.244 e. The summed E-state index contributed by atoms with van der Waals surface area (Å²) in [5.74, 6) is 0. The Hall–Kier alpha value is -0.620. The van der Waals surface area contributed by atoms with Gasteiger partial charge >= 0.3 is 0 Å². The molecule has 2 unspecified atom stereocenters. The van der Waals surface area contributed by atoms with Crippen LogP contribution in [0.1, 0.15) is 13.8 Å². The van der Waals surface area contributed by atoms with Crippen LogP contribution in [0.4, 0.5) is 0 Å². The molecule has 0 amide bonds. The van der Waals surface area contributed by atoms with Gasteiger partial charge in [0.1, 0.15) is 4.90 Å². The topological polar surface area (TPSA) is 49.4 Å². The first-order valence-electron chi connectivity index (χ1n) is 5.94. The van der Waals surface area contributed by atoms with E-state index in [1.165, 1.54) is 4.31 Å². The van der Waals surface area contributed by atoms with Gasteiger partial charge in [0.25, 0.3) is 0 Å². The average molecular weight is 289 g/mol. The van der Waals surface area contributed by atoms with Crippen LogP contribution in [0.3, 0.4) is 0 Å². The van der Waals surface area contributed by atoms with Gasteiger partial charge in [-0.25, -0.2) is 8.42 Å². The van der Waals surface area contributed by atoms with Gasteiger partial charge in [-0.3, -0.25) is 0 Å². The monoisotopic (exact) mass is 288 g/mol. The molecule has 4 nitrogen and oxygen atoms in total. The van der Waals surface area contributed by atoms with E-state index in [-0.39, 0.29) is 22.0 Å². The highest BCUT2D eigenvalue weighted by Gasteiger charge is 2.35. The van der Waals surface area contributed by atoms with Crippen LogP contribution in [0.15, 0.2) is 29.2 Å². The van der Waals surface area contributed by atoms with Crippen LogP contribution < -0.4 is 5.32 Å². The van der Waals surface area contributed by atoms with Gasteiger partial charge in [-0.2, -0.15) is 4.31 Å². The fraction of sp³-hybridized carbons (Fsp3) is 0.500. The molecule has 1 heterocycles. The lowest BCUT2D eigenvalue weighted by Gasteiger charge is -2.37. The molecule has 0 saturated carbocycles. The van der Waals surface area contributed by atoms with E-state index in [1.807, 2.05) is 13.8 Å². The van der Waals surface area contributed by atoms with Gasteiger partial charge in [-0.15, -0.1) is 0 Å². The van der Waals surface area contributed by atoms with Gasteiger partial charge in [0.05, 0.1) is 5.02 Å². The highest BCUT2D eigenvalue weighted by Crippen LogP contribution is 2.26. The number of nitrogens with one attached hydrogen (secondary N) is 1. The summed E-state index contributed by atoms with van der Waals surface area (Å²) in [5, 5.41) is 3.53. The molecule has 0 radical (unpaired) electrons. The van der Waals surface area contributed by atoms with Crippen molar-refractivity contribution in [1.29, 1.82) is 0 Å². The van der Waals surface area contributed by atoms with Crippen molar-refractivity contribution in [3.05, 3.63) is 29.3 Å². The van der Waals surface area contributed by atoms with E-state index in [0.29, 0.717) is 13.1 Å². The summed E-state index contributed by atoms with van der Waals surface area (Å²) < 4.78 is 26.7. The quantitative estimate of drug-likeness (QED) is 0.901. The van der Waals surface area contributed by atoms with Gasteiger partial charge in [-0.1, -0.05) is 23.7 Å². The zero-order valence-electron chi connectivity index (χ0n) is 10.4. The van der Waals surface area contributed by atoms with Gasteiger partial charge in [-0.05, 0) is 26.0 Å². The van der Waals surface area contributed by atoms with Crippen LogP contribution in [0, 0.1) is 0 Å². The summed E-state index contributed by atoms with van der Waals surface area (Å²) in [6.07, 6.45) is 0. The largest absolute Gasteiger partial charge is 0.311 e. The van der Waals surface area contributed by atoms with Gasteiger partial charge in [0, 0.05) is 25.2 Å². The predicted molar refractivity (Wildman–Crippen MR) is 72.3 cm³/mol. The standard InChI is InChI=1S/C12H17ClN2O2S/c1-9-10(2)15(8-7-14-9)18(16,17)12-6-4-3-5-11(12)13/h3-6,9-10,14H,7-8H2,1-2H3. The molecule has 18 heavy (non-hydrogen) atoms. The van der Waals surface area contributed by atoms with Crippen molar-refractivity contribution in [2.45, 2.75) is 30.8 Å². The number of hydrogen-bond acceptors (Lipinski definition) is 3. The molecule has 0 aromatic heterocycles. The van der Waals surface area contributed by atoms with Crippen LogP contribution in [0.25, 0.3) is 0 Å². The normalized spacial score (nSPS) is 26.2. The van der Waals surface area contributed by atoms with E-state index in [2.05, 4.69) is 5.32 Å².